The van der Waals surface area contributed by atoms with Crippen LogP contribution in [0.25, 0.3) is 0 Å². The Labute approximate surface area is 120 Å². The van der Waals surface area contributed by atoms with Crippen molar-refractivity contribution in [1.29, 1.82) is 0 Å². The number of aliphatic hydroxyl groups excluding tert-OH is 2. The molecule has 3 nitrogen and oxygen atoms in total. The molecule has 98 valence electrons. The topological polar surface area (TPSA) is 53.0 Å². The number of unbranched alkanes of at least 4 members (excludes halogenated alkanes) is 2. The second-order valence-electron chi connectivity index (χ2n) is 3.40. The third-order valence-corrected chi connectivity index (χ3v) is 1.75. The molecular formula is C12H27O3Zr-. The molecule has 0 bridgehead atoms. The number of hydrogen-bond donors (Lipinski definition) is 2. The quantitative estimate of drug-likeness (QED) is 0.604. The molecule has 1 atom stereocenters. The van der Waals surface area contributed by atoms with E-state index < -0.39 is 0 Å². The summed E-state index contributed by atoms with van der Waals surface area (Å²) in [5.74, 6) is 0. The first-order chi connectivity index (χ1) is 7.26. The van der Waals surface area contributed by atoms with Crippen molar-refractivity contribution < 1.29 is 41.2 Å². The van der Waals surface area contributed by atoms with Gasteiger partial charge in [0.2, 0.25) is 0 Å². The Morgan fingerprint density at radius 3 is 1.50 bits per heavy atom. The molecule has 0 aromatic carbocycles. The van der Waals surface area contributed by atoms with E-state index in [1.54, 1.807) is 0 Å². The van der Waals surface area contributed by atoms with Crippen molar-refractivity contribution in [3.63, 3.8) is 0 Å². The Bertz CT molecular complexity index is 88.3. The molecule has 1 fully saturated rings. The van der Waals surface area contributed by atoms with Gasteiger partial charge in [-0.25, -0.2) is 0 Å². The summed E-state index contributed by atoms with van der Waals surface area (Å²) in [6.07, 6.45) is 5.54. The predicted molar refractivity (Wildman–Crippen MR) is 63.7 cm³/mol. The molecule has 1 rings (SSSR count). The van der Waals surface area contributed by atoms with Crippen molar-refractivity contribution in [3.05, 3.63) is 6.92 Å². The van der Waals surface area contributed by atoms with Crippen LogP contribution in [0.5, 0.6) is 0 Å². The zero-order valence-corrected chi connectivity index (χ0v) is 13.2. The number of aliphatic hydroxyl groups is 2. The Balaban J connectivity index is -0.000000154. The molecule has 0 spiro atoms. The summed E-state index contributed by atoms with van der Waals surface area (Å²) in [4.78, 5) is 0. The normalized spacial score (nSPS) is 15.9. The third kappa shape index (κ3) is 29.3. The fourth-order valence-corrected chi connectivity index (χ4v) is 0.551. The number of hydrogen-bond acceptors (Lipinski definition) is 3. The van der Waals surface area contributed by atoms with E-state index in [9.17, 15) is 0 Å². The van der Waals surface area contributed by atoms with Crippen molar-refractivity contribution >= 4 is 0 Å². The smallest absolute Gasteiger partial charge is 0.0707 e. The van der Waals surface area contributed by atoms with E-state index in [4.69, 9.17) is 14.9 Å². The van der Waals surface area contributed by atoms with Gasteiger partial charge in [-0.05, 0) is 12.8 Å². The maximum atomic E-state index is 8.07. The molecule has 1 heterocycles. The van der Waals surface area contributed by atoms with Gasteiger partial charge in [0.05, 0.1) is 12.7 Å². The molecule has 1 aliphatic heterocycles. The molecule has 0 aromatic rings. The van der Waals surface area contributed by atoms with Crippen LogP contribution < -0.4 is 0 Å². The fourth-order valence-electron chi connectivity index (χ4n) is 0.551. The van der Waals surface area contributed by atoms with Gasteiger partial charge >= 0.3 is 0 Å². The molecule has 0 aliphatic carbocycles. The van der Waals surface area contributed by atoms with Crippen LogP contribution in [0, 0.1) is 6.92 Å². The molecule has 0 aromatic heterocycles. The van der Waals surface area contributed by atoms with Crippen LogP contribution in [-0.4, -0.2) is 36.1 Å². The molecule has 1 aliphatic rings. The molecule has 1 unspecified atom stereocenters. The van der Waals surface area contributed by atoms with Gasteiger partial charge < -0.3 is 21.9 Å². The van der Waals surface area contributed by atoms with Gasteiger partial charge in [0.25, 0.3) is 0 Å². The van der Waals surface area contributed by atoms with Crippen molar-refractivity contribution in [1.82, 2.24) is 0 Å². The molecule has 4 heteroatoms. The summed E-state index contributed by atoms with van der Waals surface area (Å²) in [6.45, 7) is 9.36. The summed E-state index contributed by atoms with van der Waals surface area (Å²) in [5, 5.41) is 16.1. The Hall–Kier alpha value is 0.763. The summed E-state index contributed by atoms with van der Waals surface area (Å²) in [6, 6.07) is 0. The average molecular weight is 311 g/mol. The van der Waals surface area contributed by atoms with Gasteiger partial charge in [0.1, 0.15) is 0 Å². The zero-order valence-electron chi connectivity index (χ0n) is 10.7. The van der Waals surface area contributed by atoms with Gasteiger partial charge in [-0.3, -0.25) is 0 Å². The molecular weight excluding hydrogens is 283 g/mol. The summed E-state index contributed by atoms with van der Waals surface area (Å²) in [7, 11) is 0. The number of epoxide rings is 1. The second kappa shape index (κ2) is 21.1. The minimum absolute atomic E-state index is 0. The summed E-state index contributed by atoms with van der Waals surface area (Å²) < 4.78 is 4.80. The maximum Gasteiger partial charge on any atom is 0.0707 e. The van der Waals surface area contributed by atoms with E-state index in [-0.39, 0.29) is 26.2 Å². The minimum Gasteiger partial charge on any atom is -0.396 e. The van der Waals surface area contributed by atoms with E-state index in [1.807, 2.05) is 0 Å². The predicted octanol–water partition coefficient (Wildman–Crippen LogP) is 2.16. The first-order valence-corrected chi connectivity index (χ1v) is 5.89. The zero-order chi connectivity index (χ0) is 11.9. The summed E-state index contributed by atoms with van der Waals surface area (Å²) >= 11 is 0. The fraction of sp³-hybridized carbons (Fsp3) is 0.917. The van der Waals surface area contributed by atoms with Gasteiger partial charge in [-0.1, -0.05) is 26.7 Å². The molecule has 0 radical (unpaired) electrons. The molecule has 2 N–H and O–H groups in total. The molecule has 1 saturated heterocycles. The van der Waals surface area contributed by atoms with E-state index >= 15 is 0 Å². The van der Waals surface area contributed by atoms with Crippen LogP contribution >= 0.6 is 0 Å². The van der Waals surface area contributed by atoms with Crippen molar-refractivity contribution in [2.75, 3.05) is 19.8 Å². The molecule has 0 saturated carbocycles. The van der Waals surface area contributed by atoms with Crippen LogP contribution in [0.3, 0.4) is 0 Å². The monoisotopic (exact) mass is 309 g/mol. The van der Waals surface area contributed by atoms with E-state index in [0.29, 0.717) is 19.3 Å². The van der Waals surface area contributed by atoms with E-state index in [0.717, 1.165) is 38.7 Å². The van der Waals surface area contributed by atoms with E-state index in [1.165, 1.54) is 0 Å². The molecule has 16 heavy (non-hydrogen) atoms. The number of ether oxygens (including phenoxy) is 1. The first-order valence-electron chi connectivity index (χ1n) is 5.89. The van der Waals surface area contributed by atoms with Gasteiger partial charge in [0, 0.05) is 39.4 Å². The van der Waals surface area contributed by atoms with Gasteiger partial charge in [-0.15, -0.1) is 0 Å². The van der Waals surface area contributed by atoms with Crippen LogP contribution in [-0.2, 0) is 30.9 Å². The number of rotatable bonds is 5. The van der Waals surface area contributed by atoms with Crippen molar-refractivity contribution in [2.45, 2.75) is 52.1 Å². The van der Waals surface area contributed by atoms with Crippen LogP contribution in [0.4, 0.5) is 0 Å². The van der Waals surface area contributed by atoms with E-state index in [2.05, 4.69) is 20.8 Å². The van der Waals surface area contributed by atoms with Gasteiger partial charge in [-0.2, -0.15) is 6.42 Å². The maximum absolute atomic E-state index is 8.07. The van der Waals surface area contributed by atoms with Crippen molar-refractivity contribution in [2.24, 2.45) is 0 Å². The third-order valence-electron chi connectivity index (χ3n) is 1.75. The van der Waals surface area contributed by atoms with Gasteiger partial charge in [0.15, 0.2) is 0 Å². The van der Waals surface area contributed by atoms with Crippen molar-refractivity contribution in [3.8, 4) is 0 Å². The van der Waals surface area contributed by atoms with Crippen LogP contribution in [0.15, 0.2) is 0 Å². The SMILES string of the molecule is CCCCO.CCCCO.[CH2-]CC1CO1.[Zr]. The Morgan fingerprint density at radius 1 is 1.12 bits per heavy atom. The first kappa shape index (κ1) is 22.0. The van der Waals surface area contributed by atoms with Crippen LogP contribution in [0.2, 0.25) is 0 Å². The minimum atomic E-state index is 0. The Kier molecular flexibility index (Phi) is 29.0. The summed E-state index contributed by atoms with van der Waals surface area (Å²) in [5.41, 5.74) is 0. The van der Waals surface area contributed by atoms with Crippen LogP contribution in [0.1, 0.15) is 46.0 Å². The second-order valence-corrected chi connectivity index (χ2v) is 3.40. The largest absolute Gasteiger partial charge is 0.396 e. The molecule has 0 amide bonds. The standard InChI is InChI=1S/C4H7O.2C4H10O.Zr/c1-2-4-3-5-4;2*1-2-3-4-5;/h4H,1-3H2;2*5H,2-4H2,1H3;/q-1;;;. The Morgan fingerprint density at radius 2 is 1.50 bits per heavy atom. The average Bonchev–Trinajstić information content (AvgIpc) is 3.05.